The molecule has 6 nitrogen and oxygen atoms in total. The molecule has 0 aromatic carbocycles. The summed E-state index contributed by atoms with van der Waals surface area (Å²) in [6.45, 7) is -0.976. The molecule has 1 saturated heterocycles. The van der Waals surface area contributed by atoms with E-state index in [1.807, 2.05) is 0 Å². The Labute approximate surface area is 135 Å². The van der Waals surface area contributed by atoms with E-state index in [2.05, 4.69) is 20.4 Å². The maximum atomic E-state index is 13.8. The summed E-state index contributed by atoms with van der Waals surface area (Å²) in [5, 5.41) is 5.62. The highest BCUT2D eigenvalue weighted by atomic mass is 19.4. The number of alkyl halides is 3. The topological polar surface area (TPSA) is 72.5 Å². The minimum absolute atomic E-state index is 0.0658. The molecule has 2 N–H and O–H groups in total. The molecule has 1 unspecified atom stereocenters. The molecule has 1 fully saturated rings. The van der Waals surface area contributed by atoms with Crippen molar-refractivity contribution >= 4 is 5.91 Å². The molecule has 0 radical (unpaired) electrons. The highest BCUT2D eigenvalue weighted by molar-refractivity contribution is 5.82. The van der Waals surface area contributed by atoms with Gasteiger partial charge in [0.25, 0.3) is 5.88 Å². The molecule has 24 heavy (non-hydrogen) atoms. The predicted molar refractivity (Wildman–Crippen MR) is 75.2 cm³/mol. The molecule has 10 heteroatoms. The number of ether oxygens (including phenoxy) is 2. The molecule has 0 aliphatic carbocycles. The second-order valence-corrected chi connectivity index (χ2v) is 5.21. The number of amides is 1. The van der Waals surface area contributed by atoms with E-state index in [4.69, 9.17) is 4.74 Å². The average Bonchev–Trinajstić information content (AvgIpc) is 3.05. The molecule has 1 aromatic rings. The lowest BCUT2D eigenvalue weighted by Crippen LogP contribution is -2.40. The number of aromatic nitrogens is 1. The summed E-state index contributed by atoms with van der Waals surface area (Å²) < 4.78 is 59.5. The van der Waals surface area contributed by atoms with Gasteiger partial charge in [-0.05, 0) is 25.5 Å². The third-order valence-electron chi connectivity index (χ3n) is 3.38. The van der Waals surface area contributed by atoms with Gasteiger partial charge in [0.2, 0.25) is 11.8 Å². The van der Waals surface area contributed by atoms with Gasteiger partial charge in [0.1, 0.15) is 0 Å². The predicted octanol–water partition coefficient (Wildman–Crippen LogP) is 1.54. The highest BCUT2D eigenvalue weighted by Gasteiger charge is 2.30. The van der Waals surface area contributed by atoms with Crippen LogP contribution in [0.3, 0.4) is 0 Å². The first-order valence-corrected chi connectivity index (χ1v) is 7.24. The Morgan fingerprint density at radius 3 is 2.79 bits per heavy atom. The van der Waals surface area contributed by atoms with Crippen molar-refractivity contribution in [2.24, 2.45) is 0 Å². The number of methoxy groups -OCH3 is 1. The Bertz CT molecular complexity index is 589. The first kappa shape index (κ1) is 18.2. The van der Waals surface area contributed by atoms with Gasteiger partial charge < -0.3 is 20.1 Å². The number of nitrogens with one attached hydrogen (secondary N) is 2. The maximum absolute atomic E-state index is 13.8. The van der Waals surface area contributed by atoms with Gasteiger partial charge in [-0.3, -0.25) is 4.79 Å². The number of carbonyl (C=O) groups excluding carboxylic acids is 1. The van der Waals surface area contributed by atoms with Crippen molar-refractivity contribution in [1.82, 2.24) is 15.6 Å². The molecule has 134 valence electrons. The van der Waals surface area contributed by atoms with Crippen LogP contribution in [0.2, 0.25) is 0 Å². The number of pyridine rings is 1. The average molecular weight is 351 g/mol. The summed E-state index contributed by atoms with van der Waals surface area (Å²) in [5.41, 5.74) is 0.195. The summed E-state index contributed by atoms with van der Waals surface area (Å²) in [4.78, 5) is 15.5. The van der Waals surface area contributed by atoms with Crippen LogP contribution in [-0.4, -0.2) is 43.4 Å². The minimum Gasteiger partial charge on any atom is -0.481 e. The Hall–Kier alpha value is -2.10. The van der Waals surface area contributed by atoms with Gasteiger partial charge in [-0.2, -0.15) is 18.2 Å². The van der Waals surface area contributed by atoms with Crippen LogP contribution < -0.4 is 20.1 Å². The summed E-state index contributed by atoms with van der Waals surface area (Å²) in [6.07, 6.45) is -3.01. The van der Waals surface area contributed by atoms with Crippen LogP contribution in [0.4, 0.5) is 17.6 Å². The molecule has 0 bridgehead atoms. The normalized spacial score (nSPS) is 17.6. The number of nitrogens with zero attached hydrogens (tertiary/aromatic N) is 1. The minimum atomic E-state index is -4.61. The second kappa shape index (κ2) is 7.65. The first-order chi connectivity index (χ1) is 11.3. The van der Waals surface area contributed by atoms with Gasteiger partial charge in [-0.25, -0.2) is 4.39 Å². The SMILES string of the molecule is COc1nc(OCC(F)(F)F)c(F)cc1CNC(=O)C1CCCN1. The van der Waals surface area contributed by atoms with E-state index in [0.29, 0.717) is 6.42 Å². The summed E-state index contributed by atoms with van der Waals surface area (Å²) >= 11 is 0. The molecule has 2 rings (SSSR count). The van der Waals surface area contributed by atoms with Crippen molar-refractivity contribution in [2.45, 2.75) is 31.6 Å². The van der Waals surface area contributed by atoms with Crippen molar-refractivity contribution in [3.8, 4) is 11.8 Å². The lowest BCUT2D eigenvalue weighted by Gasteiger charge is -2.14. The van der Waals surface area contributed by atoms with E-state index < -0.39 is 24.5 Å². The fourth-order valence-electron chi connectivity index (χ4n) is 2.26. The standard InChI is InChI=1S/C14H17F4N3O3/c1-23-12-8(6-20-11(22)10-3-2-4-19-10)5-9(15)13(21-12)24-7-14(16,17)18/h5,10,19H,2-4,6-7H2,1H3,(H,20,22). The number of hydrogen-bond acceptors (Lipinski definition) is 5. The lowest BCUT2D eigenvalue weighted by atomic mass is 10.2. The van der Waals surface area contributed by atoms with Crippen molar-refractivity contribution in [3.05, 3.63) is 17.4 Å². The van der Waals surface area contributed by atoms with Gasteiger partial charge in [0.15, 0.2) is 12.4 Å². The zero-order valence-corrected chi connectivity index (χ0v) is 12.9. The van der Waals surface area contributed by atoms with Crippen LogP contribution in [0.1, 0.15) is 18.4 Å². The molecule has 1 amide bonds. The van der Waals surface area contributed by atoms with Crippen LogP contribution in [0.5, 0.6) is 11.8 Å². The van der Waals surface area contributed by atoms with Crippen LogP contribution in [0, 0.1) is 5.82 Å². The van der Waals surface area contributed by atoms with E-state index in [9.17, 15) is 22.4 Å². The Balaban J connectivity index is 2.04. The number of hydrogen-bond donors (Lipinski definition) is 2. The van der Waals surface area contributed by atoms with Crippen molar-refractivity contribution in [1.29, 1.82) is 0 Å². The van der Waals surface area contributed by atoms with Gasteiger partial charge in [0, 0.05) is 12.1 Å². The third-order valence-corrected chi connectivity index (χ3v) is 3.38. The van der Waals surface area contributed by atoms with Crippen molar-refractivity contribution < 1.29 is 31.8 Å². The van der Waals surface area contributed by atoms with Crippen LogP contribution >= 0.6 is 0 Å². The molecule has 0 saturated carbocycles. The molecule has 1 aromatic heterocycles. The third kappa shape index (κ3) is 4.95. The Morgan fingerprint density at radius 1 is 1.46 bits per heavy atom. The van der Waals surface area contributed by atoms with Gasteiger partial charge in [-0.15, -0.1) is 0 Å². The second-order valence-electron chi connectivity index (χ2n) is 5.21. The molecule has 0 spiro atoms. The van der Waals surface area contributed by atoms with Gasteiger partial charge in [0.05, 0.1) is 13.2 Å². The fourth-order valence-corrected chi connectivity index (χ4v) is 2.26. The first-order valence-electron chi connectivity index (χ1n) is 7.24. The zero-order chi connectivity index (χ0) is 17.7. The summed E-state index contributed by atoms with van der Waals surface area (Å²) in [6, 6.07) is 0.628. The van der Waals surface area contributed by atoms with Gasteiger partial charge in [-0.1, -0.05) is 0 Å². The quantitative estimate of drug-likeness (QED) is 0.761. The summed E-state index contributed by atoms with van der Waals surface area (Å²) in [7, 11) is 1.23. The zero-order valence-electron chi connectivity index (χ0n) is 12.9. The van der Waals surface area contributed by atoms with E-state index >= 15 is 0 Å². The van der Waals surface area contributed by atoms with Gasteiger partial charge >= 0.3 is 6.18 Å². The van der Waals surface area contributed by atoms with Crippen LogP contribution in [0.25, 0.3) is 0 Å². The summed E-state index contributed by atoms with van der Waals surface area (Å²) in [5.74, 6) is -2.24. The van der Waals surface area contributed by atoms with E-state index in [1.54, 1.807) is 0 Å². The Kier molecular flexibility index (Phi) is 5.81. The van der Waals surface area contributed by atoms with E-state index in [0.717, 1.165) is 19.0 Å². The molecule has 1 atom stereocenters. The van der Waals surface area contributed by atoms with E-state index in [1.165, 1.54) is 7.11 Å². The smallest absolute Gasteiger partial charge is 0.422 e. The molecular formula is C14H17F4N3O3. The van der Waals surface area contributed by atoms with E-state index in [-0.39, 0.29) is 29.9 Å². The molecule has 2 heterocycles. The monoisotopic (exact) mass is 351 g/mol. The number of rotatable bonds is 6. The maximum Gasteiger partial charge on any atom is 0.422 e. The highest BCUT2D eigenvalue weighted by Crippen LogP contribution is 2.25. The lowest BCUT2D eigenvalue weighted by molar-refractivity contribution is -0.154. The fraction of sp³-hybridized carbons (Fsp3) is 0.571. The molecule has 1 aliphatic heterocycles. The molecule has 1 aliphatic rings. The van der Waals surface area contributed by atoms with Crippen LogP contribution in [0.15, 0.2) is 6.07 Å². The largest absolute Gasteiger partial charge is 0.481 e. The Morgan fingerprint density at radius 2 is 2.21 bits per heavy atom. The van der Waals surface area contributed by atoms with Crippen molar-refractivity contribution in [3.63, 3.8) is 0 Å². The number of halogens is 4. The number of carbonyl (C=O) groups is 1. The van der Waals surface area contributed by atoms with Crippen LogP contribution in [-0.2, 0) is 11.3 Å². The molecular weight excluding hydrogens is 334 g/mol. The van der Waals surface area contributed by atoms with Crippen molar-refractivity contribution in [2.75, 3.05) is 20.3 Å².